The summed E-state index contributed by atoms with van der Waals surface area (Å²) in [5.41, 5.74) is 5.35. The van der Waals surface area contributed by atoms with Gasteiger partial charge in [0.15, 0.2) is 0 Å². The second-order valence-corrected chi connectivity index (χ2v) is 8.29. The van der Waals surface area contributed by atoms with E-state index in [0.29, 0.717) is 0 Å². The van der Waals surface area contributed by atoms with E-state index >= 15 is 0 Å². The predicted molar refractivity (Wildman–Crippen MR) is 105 cm³/mol. The maximum Gasteiger partial charge on any atom is 0.248 e. The first kappa shape index (κ1) is 15.3. The molecule has 0 spiro atoms. The number of nitrogens with zero attached hydrogens (tertiary/aromatic N) is 3. The molecule has 5 rings (SSSR count). The number of aryl methyl sites for hydroxylation is 1. The minimum absolute atomic E-state index is 0.284. The molecule has 1 aliphatic heterocycles. The minimum atomic E-state index is 0.284. The highest BCUT2D eigenvalue weighted by Crippen LogP contribution is 2.40. The summed E-state index contributed by atoms with van der Waals surface area (Å²) in [5, 5.41) is 8.22. The highest BCUT2D eigenvalue weighted by molar-refractivity contribution is 7.17. The molecule has 1 aliphatic carbocycles. The summed E-state index contributed by atoms with van der Waals surface area (Å²) >= 11 is 1.82. The molecule has 0 saturated heterocycles. The molecule has 2 aliphatic rings. The summed E-state index contributed by atoms with van der Waals surface area (Å²) in [5.74, 6) is 0.757. The summed E-state index contributed by atoms with van der Waals surface area (Å²) in [6, 6.07) is 8.95. The van der Waals surface area contributed by atoms with E-state index in [1.54, 1.807) is 0 Å². The smallest absolute Gasteiger partial charge is 0.248 e. The number of hydrogen-bond donors (Lipinski definition) is 0. The van der Waals surface area contributed by atoms with Crippen LogP contribution in [0.2, 0.25) is 0 Å². The number of benzene rings is 1. The summed E-state index contributed by atoms with van der Waals surface area (Å²) in [7, 11) is 2.06. The lowest BCUT2D eigenvalue weighted by Gasteiger charge is -2.22. The summed E-state index contributed by atoms with van der Waals surface area (Å²) in [6.45, 7) is 0. The van der Waals surface area contributed by atoms with Crippen molar-refractivity contribution in [1.82, 2.24) is 14.8 Å². The molecule has 1 aromatic carbocycles. The highest BCUT2D eigenvalue weighted by Gasteiger charge is 2.39. The van der Waals surface area contributed by atoms with Crippen LogP contribution in [0.15, 0.2) is 35.8 Å². The molecular weight excluding hydrogens is 326 g/mol. The van der Waals surface area contributed by atoms with E-state index in [9.17, 15) is 0 Å². The Morgan fingerprint density at radius 1 is 1.16 bits per heavy atom. The molecule has 1 fully saturated rings. The van der Waals surface area contributed by atoms with E-state index in [1.807, 2.05) is 16.0 Å². The molecule has 127 valence electrons. The summed E-state index contributed by atoms with van der Waals surface area (Å²) in [4.78, 5) is 5.20. The maximum absolute atomic E-state index is 5.20. The summed E-state index contributed by atoms with van der Waals surface area (Å²) in [6.07, 6.45) is 9.76. The number of rotatable bonds is 2. The fourth-order valence-corrected chi connectivity index (χ4v) is 5.53. The third-order valence-corrected chi connectivity index (χ3v) is 6.84. The summed E-state index contributed by atoms with van der Waals surface area (Å²) < 4.78 is 3.38. The fourth-order valence-electron chi connectivity index (χ4n) is 4.59. The monoisotopic (exact) mass is 349 g/mol. The van der Waals surface area contributed by atoms with E-state index in [4.69, 9.17) is 4.99 Å². The third kappa shape index (κ3) is 2.54. The van der Waals surface area contributed by atoms with Crippen LogP contribution in [0.5, 0.6) is 0 Å². The molecule has 2 unspecified atom stereocenters. The highest BCUT2D eigenvalue weighted by atomic mass is 32.1. The Hall–Kier alpha value is -1.94. The Labute approximate surface area is 152 Å². The van der Waals surface area contributed by atoms with Crippen molar-refractivity contribution < 1.29 is 0 Å². The van der Waals surface area contributed by atoms with Gasteiger partial charge in [-0.1, -0.05) is 24.6 Å². The maximum atomic E-state index is 5.20. The lowest BCUT2D eigenvalue weighted by molar-refractivity contribution is 0.411. The van der Waals surface area contributed by atoms with Crippen LogP contribution in [0.3, 0.4) is 0 Å². The van der Waals surface area contributed by atoms with Crippen molar-refractivity contribution in [2.45, 2.75) is 44.6 Å². The van der Waals surface area contributed by atoms with Crippen LogP contribution in [0.1, 0.15) is 50.1 Å². The Kier molecular flexibility index (Phi) is 3.74. The van der Waals surface area contributed by atoms with Gasteiger partial charge in [0.2, 0.25) is 11.8 Å². The van der Waals surface area contributed by atoms with Crippen LogP contribution in [0, 0.1) is 5.92 Å². The molecule has 0 bridgehead atoms. The molecule has 3 nitrogen and oxygen atoms in total. The zero-order valence-electron chi connectivity index (χ0n) is 14.6. The third-order valence-electron chi connectivity index (χ3n) is 5.88. The van der Waals surface area contributed by atoms with Crippen molar-refractivity contribution in [3.8, 4) is 11.3 Å². The largest absolute Gasteiger partial charge is 0.267 e. The molecule has 3 heterocycles. The molecule has 4 heteroatoms. The molecule has 1 saturated carbocycles. The Morgan fingerprint density at radius 3 is 3.04 bits per heavy atom. The van der Waals surface area contributed by atoms with Gasteiger partial charge in [-0.05, 0) is 25.3 Å². The Morgan fingerprint density at radius 2 is 2.08 bits per heavy atom. The van der Waals surface area contributed by atoms with Crippen molar-refractivity contribution in [3.05, 3.63) is 41.4 Å². The topological polar surface area (TPSA) is 31.9 Å². The van der Waals surface area contributed by atoms with E-state index < -0.39 is 0 Å². The molecule has 1 radical (unpaired) electrons. The standard InChI is InChI=1S/C21H23N3S/c1-24-21(17-13-25-20-9-5-3-7-15(17)20)16(12-22-24)19-11-10-14-6-2-4-8-18(14)23-19/h3,5,7,9,12-14,19H,2,4,6,8,10-11H2,1H3/q+1. The number of aliphatic imine (C=N–C) groups is 1. The van der Waals surface area contributed by atoms with E-state index in [2.05, 4.69) is 48.0 Å². The van der Waals surface area contributed by atoms with Crippen LogP contribution in [-0.2, 0) is 7.05 Å². The lowest BCUT2D eigenvalue weighted by atomic mass is 9.80. The van der Waals surface area contributed by atoms with Gasteiger partial charge >= 0.3 is 0 Å². The van der Waals surface area contributed by atoms with Gasteiger partial charge in [0.05, 0.1) is 17.5 Å². The van der Waals surface area contributed by atoms with E-state index in [-0.39, 0.29) is 6.04 Å². The lowest BCUT2D eigenvalue weighted by Crippen LogP contribution is -2.30. The molecule has 2 aromatic heterocycles. The first-order valence-electron chi connectivity index (χ1n) is 9.36. The van der Waals surface area contributed by atoms with Gasteiger partial charge in [-0.3, -0.25) is 4.68 Å². The van der Waals surface area contributed by atoms with Gasteiger partial charge in [-0.2, -0.15) is 5.10 Å². The molecule has 3 aromatic rings. The van der Waals surface area contributed by atoms with Gasteiger partial charge in [0.25, 0.3) is 0 Å². The van der Waals surface area contributed by atoms with Crippen LogP contribution >= 0.6 is 11.3 Å². The fraction of sp³-hybridized carbons (Fsp3) is 0.429. The normalized spacial score (nSPS) is 23.5. The number of hydrogen-bond acceptors (Lipinski definition) is 3. The SMILES string of the molecule is Cn1ncc(C2CCC3CCCCC3=[N+]2)c1-c1csc2ccccc12. The van der Waals surface area contributed by atoms with E-state index in [0.717, 1.165) is 12.3 Å². The number of fused-ring (bicyclic) bond motifs is 2. The molecule has 2 atom stereocenters. The van der Waals surface area contributed by atoms with Crippen LogP contribution in [0.25, 0.3) is 21.3 Å². The molecular formula is C21H23N3S+. The van der Waals surface area contributed by atoms with E-state index in [1.165, 1.54) is 64.7 Å². The predicted octanol–water partition coefficient (Wildman–Crippen LogP) is 5.10. The van der Waals surface area contributed by atoms with Gasteiger partial charge < -0.3 is 0 Å². The van der Waals surface area contributed by atoms with Crippen molar-refractivity contribution in [1.29, 1.82) is 0 Å². The van der Waals surface area contributed by atoms with Crippen molar-refractivity contribution in [2.24, 2.45) is 13.0 Å². The minimum Gasteiger partial charge on any atom is -0.267 e. The van der Waals surface area contributed by atoms with Gasteiger partial charge in [0, 0.05) is 51.8 Å². The number of thiophene rings is 1. The van der Waals surface area contributed by atoms with Gasteiger partial charge in [-0.15, -0.1) is 11.3 Å². The van der Waals surface area contributed by atoms with Crippen molar-refractivity contribution >= 4 is 27.1 Å². The second kappa shape index (κ2) is 6.10. The van der Waals surface area contributed by atoms with Crippen molar-refractivity contribution in [2.75, 3.05) is 0 Å². The first-order chi connectivity index (χ1) is 12.3. The van der Waals surface area contributed by atoms with Crippen LogP contribution in [0.4, 0.5) is 0 Å². The van der Waals surface area contributed by atoms with Gasteiger partial charge in [-0.25, -0.2) is 0 Å². The first-order valence-corrected chi connectivity index (χ1v) is 10.2. The molecule has 0 amide bonds. The zero-order valence-corrected chi connectivity index (χ0v) is 15.4. The van der Waals surface area contributed by atoms with Gasteiger partial charge in [0.1, 0.15) is 0 Å². The number of aromatic nitrogens is 2. The van der Waals surface area contributed by atoms with Crippen LogP contribution < -0.4 is 4.99 Å². The average molecular weight is 350 g/mol. The average Bonchev–Trinajstić information content (AvgIpc) is 3.24. The second-order valence-electron chi connectivity index (χ2n) is 7.37. The Balaban J connectivity index is 1.60. The van der Waals surface area contributed by atoms with Crippen molar-refractivity contribution in [3.63, 3.8) is 0 Å². The molecule has 25 heavy (non-hydrogen) atoms. The molecule has 0 N–H and O–H groups in total. The quantitative estimate of drug-likeness (QED) is 0.633. The Bertz CT molecular complexity index is 949. The zero-order chi connectivity index (χ0) is 16.8. The van der Waals surface area contributed by atoms with Crippen LogP contribution in [-0.4, -0.2) is 15.5 Å².